The first-order valence-corrected chi connectivity index (χ1v) is 1.87. The molecule has 0 saturated carbocycles. The van der Waals surface area contributed by atoms with Gasteiger partial charge in [0.2, 0.25) is 0 Å². The summed E-state index contributed by atoms with van der Waals surface area (Å²) in [6.07, 6.45) is 0. The summed E-state index contributed by atoms with van der Waals surface area (Å²) in [5.74, 6) is 0. The van der Waals surface area contributed by atoms with Crippen molar-refractivity contribution in [2.24, 2.45) is 11.5 Å². The van der Waals surface area contributed by atoms with Crippen LogP contribution in [-0.4, -0.2) is 22.4 Å². The fraction of sp³-hybridized carbons (Fsp3) is 1.00. The predicted octanol–water partition coefficient (Wildman–Crippen LogP) is -2.87. The number of rotatable bonds is 1. The smallest absolute Gasteiger partial charge is 0.412 e. The Balaban J connectivity index is -0.0000000800. The SMILES string of the molecule is NC[CH](N)[Cu].O.O. The molecule has 7 heavy (non-hydrogen) atoms. The third-order valence-electron chi connectivity index (χ3n) is 0.207. The van der Waals surface area contributed by atoms with Crippen molar-refractivity contribution in [1.82, 2.24) is 0 Å². The largest absolute Gasteiger partial charge is 0.412 e. The number of nitrogens with two attached hydrogens (primary N) is 2. The zero-order valence-corrected chi connectivity index (χ0v) is 4.68. The van der Waals surface area contributed by atoms with Crippen molar-refractivity contribution < 1.29 is 27.0 Å². The molecule has 0 aliphatic heterocycles. The van der Waals surface area contributed by atoms with E-state index in [0.717, 1.165) is 0 Å². The monoisotopic (exact) mass is 158 g/mol. The molecule has 0 aromatic rings. The first kappa shape index (κ1) is 15.7. The molecule has 0 aliphatic rings. The second-order valence-electron chi connectivity index (χ2n) is 0.695. The second-order valence-corrected chi connectivity index (χ2v) is 1.39. The zero-order chi connectivity index (χ0) is 4.28. The molecular formula is C2H11CuN2O2. The van der Waals surface area contributed by atoms with E-state index in [1.54, 1.807) is 0 Å². The van der Waals surface area contributed by atoms with Crippen molar-refractivity contribution in [3.05, 3.63) is 0 Å². The molecular weight excluding hydrogens is 148 g/mol. The summed E-state index contributed by atoms with van der Waals surface area (Å²) < 4.78 is 0. The summed E-state index contributed by atoms with van der Waals surface area (Å²) in [4.78, 5) is -0.275. The van der Waals surface area contributed by atoms with Gasteiger partial charge in [-0.15, -0.1) is 0 Å². The van der Waals surface area contributed by atoms with Gasteiger partial charge in [-0.2, -0.15) is 0 Å². The van der Waals surface area contributed by atoms with Crippen molar-refractivity contribution in [3.8, 4) is 0 Å². The van der Waals surface area contributed by atoms with E-state index in [4.69, 9.17) is 11.5 Å². The fourth-order valence-corrected chi connectivity index (χ4v) is 0. The summed E-state index contributed by atoms with van der Waals surface area (Å²) in [5.41, 5.74) is 9.91. The molecule has 0 fully saturated rings. The molecule has 0 saturated heterocycles. The molecule has 4 nitrogen and oxygen atoms in total. The Bertz CT molecular complexity index is 27.7. The van der Waals surface area contributed by atoms with E-state index in [-0.39, 0.29) is 15.9 Å². The van der Waals surface area contributed by atoms with Gasteiger partial charge in [0, 0.05) is 0 Å². The van der Waals surface area contributed by atoms with Gasteiger partial charge in [0.25, 0.3) is 0 Å². The minimum Gasteiger partial charge on any atom is -0.412 e. The molecule has 0 spiro atoms. The maximum atomic E-state index is 4.97. The molecule has 52 valence electrons. The van der Waals surface area contributed by atoms with Crippen LogP contribution in [0.2, 0.25) is 0 Å². The van der Waals surface area contributed by atoms with Gasteiger partial charge in [-0.05, 0) is 0 Å². The Hall–Kier alpha value is 0.359. The topological polar surface area (TPSA) is 115 Å². The van der Waals surface area contributed by atoms with Gasteiger partial charge < -0.3 is 11.0 Å². The van der Waals surface area contributed by atoms with Crippen molar-refractivity contribution in [2.45, 2.75) is 4.94 Å². The molecule has 0 aliphatic carbocycles. The van der Waals surface area contributed by atoms with Crippen LogP contribution in [0.4, 0.5) is 0 Å². The summed E-state index contributed by atoms with van der Waals surface area (Å²) in [5, 5.41) is 0. The third kappa shape index (κ3) is 21.7. The summed E-state index contributed by atoms with van der Waals surface area (Å²) in [6, 6.07) is 0. The standard InChI is InChI=1S/C2H7N2.Cu.2H2O/c3-1-2-4;;;/h1H,2-4H2;;2*1H2. The normalized spacial score (nSPS) is 10.9. The van der Waals surface area contributed by atoms with Crippen LogP contribution < -0.4 is 11.5 Å². The number of hydrogen-bond acceptors (Lipinski definition) is 2. The molecule has 0 heterocycles. The minimum atomic E-state index is -0.275. The molecule has 0 radical (unpaired) electrons. The van der Waals surface area contributed by atoms with Crippen molar-refractivity contribution in [2.75, 3.05) is 6.54 Å². The fourth-order valence-electron chi connectivity index (χ4n) is 0. The molecule has 0 bridgehead atoms. The molecule has 0 rings (SSSR count). The van der Waals surface area contributed by atoms with Crippen molar-refractivity contribution in [3.63, 3.8) is 0 Å². The van der Waals surface area contributed by atoms with Gasteiger partial charge in [-0.25, -0.2) is 0 Å². The first-order chi connectivity index (χ1) is 2.27. The van der Waals surface area contributed by atoms with Gasteiger partial charge in [-0.1, -0.05) is 0 Å². The zero-order valence-electron chi connectivity index (χ0n) is 3.74. The molecule has 0 aromatic carbocycles. The Morgan fingerprint density at radius 1 is 1.43 bits per heavy atom. The van der Waals surface area contributed by atoms with Crippen molar-refractivity contribution in [1.29, 1.82) is 0 Å². The molecule has 0 aromatic heterocycles. The van der Waals surface area contributed by atoms with E-state index >= 15 is 0 Å². The van der Waals surface area contributed by atoms with E-state index in [9.17, 15) is 0 Å². The summed E-state index contributed by atoms with van der Waals surface area (Å²) in [6.45, 7) is 0.389. The number of hydrogen-bond donors (Lipinski definition) is 2. The van der Waals surface area contributed by atoms with Crippen LogP contribution >= 0.6 is 0 Å². The average Bonchev–Trinajstić information content (AvgIpc) is 1.38. The van der Waals surface area contributed by atoms with E-state index in [1.165, 1.54) is 0 Å². The van der Waals surface area contributed by atoms with Gasteiger partial charge in [0.15, 0.2) is 0 Å². The summed E-state index contributed by atoms with van der Waals surface area (Å²) in [7, 11) is 0. The Kier molecular flexibility index (Phi) is 21.5. The van der Waals surface area contributed by atoms with Crippen LogP contribution in [0.3, 0.4) is 0 Å². The maximum absolute atomic E-state index is 4.97. The van der Waals surface area contributed by atoms with Crippen LogP contribution in [0.5, 0.6) is 0 Å². The van der Waals surface area contributed by atoms with Gasteiger partial charge in [-0.3, -0.25) is 0 Å². The van der Waals surface area contributed by atoms with Gasteiger partial charge in [0.1, 0.15) is 0 Å². The molecule has 8 N–H and O–H groups in total. The van der Waals surface area contributed by atoms with E-state index in [1.807, 2.05) is 0 Å². The quantitative estimate of drug-likeness (QED) is 0.400. The first-order valence-electron chi connectivity index (χ1n) is 1.32. The molecule has 1 unspecified atom stereocenters. The van der Waals surface area contributed by atoms with Crippen LogP contribution in [0, 0.1) is 0 Å². The predicted molar refractivity (Wildman–Crippen MR) is 24.3 cm³/mol. The summed E-state index contributed by atoms with van der Waals surface area (Å²) >= 11 is 4.56. The third-order valence-corrected chi connectivity index (χ3v) is 0.429. The van der Waals surface area contributed by atoms with E-state index in [0.29, 0.717) is 6.54 Å². The average molecular weight is 159 g/mol. The second kappa shape index (κ2) is 9.61. The van der Waals surface area contributed by atoms with Gasteiger partial charge >= 0.3 is 39.0 Å². The Labute approximate surface area is 50.7 Å². The minimum absolute atomic E-state index is 0. The van der Waals surface area contributed by atoms with E-state index < -0.39 is 0 Å². The Morgan fingerprint density at radius 3 is 1.57 bits per heavy atom. The van der Waals surface area contributed by atoms with Gasteiger partial charge in [0.05, 0.1) is 0 Å². The van der Waals surface area contributed by atoms with Crippen LogP contribution in [0.25, 0.3) is 0 Å². The Morgan fingerprint density at radius 2 is 1.57 bits per heavy atom. The molecule has 5 heteroatoms. The van der Waals surface area contributed by atoms with E-state index in [2.05, 4.69) is 16.0 Å². The molecule has 1 atom stereocenters. The molecule has 0 amide bonds. The van der Waals surface area contributed by atoms with Crippen LogP contribution in [-0.2, 0) is 16.0 Å². The van der Waals surface area contributed by atoms with Crippen LogP contribution in [0.15, 0.2) is 0 Å². The maximum Gasteiger partial charge on any atom is -0.412 e. The van der Waals surface area contributed by atoms with Crippen LogP contribution in [0.1, 0.15) is 0 Å². The van der Waals surface area contributed by atoms with Crippen molar-refractivity contribution >= 4 is 0 Å².